The van der Waals surface area contributed by atoms with Gasteiger partial charge in [0.05, 0.1) is 4.90 Å². The molecule has 98 valence electrons. The molecule has 1 amide bonds. The van der Waals surface area contributed by atoms with Crippen LogP contribution in [0.4, 0.5) is 5.69 Å². The van der Waals surface area contributed by atoms with Gasteiger partial charge in [-0.3, -0.25) is 4.79 Å². The van der Waals surface area contributed by atoms with Gasteiger partial charge in [-0.05, 0) is 36.6 Å². The Balaban J connectivity index is 2.46. The summed E-state index contributed by atoms with van der Waals surface area (Å²) in [5, 5.41) is 0. The van der Waals surface area contributed by atoms with E-state index in [1.54, 1.807) is 11.0 Å². The summed E-state index contributed by atoms with van der Waals surface area (Å²) in [6, 6.07) is 4.53. The number of hydrogen-bond acceptors (Lipinski definition) is 3. The molecule has 0 radical (unpaired) electrons. The third-order valence-electron chi connectivity index (χ3n) is 2.87. The van der Waals surface area contributed by atoms with Gasteiger partial charge < -0.3 is 4.90 Å². The normalized spacial score (nSPS) is 15.3. The molecular formula is C11H11Cl2NO3S. The predicted octanol–water partition coefficient (Wildman–Crippen LogP) is 2.13. The fraction of sp³-hybridized carbons (Fsp3) is 0.364. The monoisotopic (exact) mass is 307 g/mol. The Bertz CT molecular complexity index is 586. The Morgan fingerprint density at radius 3 is 2.72 bits per heavy atom. The van der Waals surface area contributed by atoms with Crippen molar-refractivity contribution in [3.05, 3.63) is 23.8 Å². The van der Waals surface area contributed by atoms with Crippen LogP contribution in [0.5, 0.6) is 0 Å². The fourth-order valence-electron chi connectivity index (χ4n) is 2.06. The molecule has 18 heavy (non-hydrogen) atoms. The second-order valence-electron chi connectivity index (χ2n) is 4.01. The molecule has 1 aromatic carbocycles. The molecule has 0 bridgehead atoms. The number of fused-ring (bicyclic) bond motifs is 1. The molecule has 0 fully saturated rings. The number of carbonyl (C=O) groups is 1. The van der Waals surface area contributed by atoms with Crippen LogP contribution in [-0.2, 0) is 20.3 Å². The number of anilines is 1. The minimum absolute atomic E-state index is 0.0584. The van der Waals surface area contributed by atoms with Crippen molar-refractivity contribution in [1.82, 2.24) is 0 Å². The van der Waals surface area contributed by atoms with Gasteiger partial charge in [-0.15, -0.1) is 11.6 Å². The number of rotatable bonds is 2. The molecule has 0 atom stereocenters. The van der Waals surface area contributed by atoms with Crippen LogP contribution in [0.2, 0.25) is 0 Å². The van der Waals surface area contributed by atoms with E-state index in [2.05, 4.69) is 0 Å². The molecule has 4 nitrogen and oxygen atoms in total. The minimum atomic E-state index is -3.74. The van der Waals surface area contributed by atoms with Crippen molar-refractivity contribution < 1.29 is 13.2 Å². The van der Waals surface area contributed by atoms with Crippen molar-refractivity contribution >= 4 is 42.9 Å². The molecule has 1 aliphatic heterocycles. The van der Waals surface area contributed by atoms with E-state index < -0.39 is 9.05 Å². The highest BCUT2D eigenvalue weighted by molar-refractivity contribution is 8.13. The SMILES string of the molecule is O=C(CCl)N1CCCc2cc(S(=O)(=O)Cl)ccc21. The lowest BCUT2D eigenvalue weighted by molar-refractivity contribution is -0.116. The first-order chi connectivity index (χ1) is 8.43. The summed E-state index contributed by atoms with van der Waals surface area (Å²) in [6.07, 6.45) is 1.50. The van der Waals surface area contributed by atoms with Crippen LogP contribution in [-0.4, -0.2) is 26.7 Å². The lowest BCUT2D eigenvalue weighted by Gasteiger charge is -2.29. The number of carbonyl (C=O) groups excluding carboxylic acids is 1. The van der Waals surface area contributed by atoms with E-state index in [-0.39, 0.29) is 16.7 Å². The van der Waals surface area contributed by atoms with E-state index in [0.29, 0.717) is 6.54 Å². The molecule has 0 spiro atoms. The molecule has 7 heteroatoms. The van der Waals surface area contributed by atoms with Crippen molar-refractivity contribution in [2.45, 2.75) is 17.7 Å². The maximum Gasteiger partial charge on any atom is 0.261 e. The first-order valence-electron chi connectivity index (χ1n) is 5.37. The zero-order valence-electron chi connectivity index (χ0n) is 9.40. The largest absolute Gasteiger partial charge is 0.311 e. The van der Waals surface area contributed by atoms with Crippen LogP contribution in [0.1, 0.15) is 12.0 Å². The van der Waals surface area contributed by atoms with Crippen LogP contribution in [0.25, 0.3) is 0 Å². The van der Waals surface area contributed by atoms with Gasteiger partial charge in [0, 0.05) is 22.9 Å². The van der Waals surface area contributed by atoms with Gasteiger partial charge in [0.1, 0.15) is 5.88 Å². The van der Waals surface area contributed by atoms with E-state index in [4.69, 9.17) is 22.3 Å². The van der Waals surface area contributed by atoms with Crippen LogP contribution in [0, 0.1) is 0 Å². The van der Waals surface area contributed by atoms with Crippen molar-refractivity contribution in [2.75, 3.05) is 17.3 Å². The second-order valence-corrected chi connectivity index (χ2v) is 6.84. The molecule has 1 aliphatic rings. The summed E-state index contributed by atoms with van der Waals surface area (Å²) < 4.78 is 22.5. The number of benzene rings is 1. The first kappa shape index (κ1) is 13.6. The summed E-state index contributed by atoms with van der Waals surface area (Å²) in [5.74, 6) is -0.270. The summed E-state index contributed by atoms with van der Waals surface area (Å²) in [4.78, 5) is 13.3. The Hall–Kier alpha value is -0.780. The maximum atomic E-state index is 11.7. The topological polar surface area (TPSA) is 54.5 Å². The van der Waals surface area contributed by atoms with Crippen molar-refractivity contribution in [2.24, 2.45) is 0 Å². The zero-order valence-corrected chi connectivity index (χ0v) is 11.7. The van der Waals surface area contributed by atoms with Crippen LogP contribution >= 0.6 is 22.3 Å². The Morgan fingerprint density at radius 1 is 1.39 bits per heavy atom. The highest BCUT2D eigenvalue weighted by Gasteiger charge is 2.23. The third-order valence-corrected chi connectivity index (χ3v) is 4.45. The van der Waals surface area contributed by atoms with E-state index in [0.717, 1.165) is 24.1 Å². The summed E-state index contributed by atoms with van der Waals surface area (Å²) in [5.41, 5.74) is 1.53. The number of alkyl halides is 1. The molecule has 0 aromatic heterocycles. The molecular weight excluding hydrogens is 297 g/mol. The number of aryl methyl sites for hydroxylation is 1. The van der Waals surface area contributed by atoms with Gasteiger partial charge in [-0.1, -0.05) is 0 Å². The van der Waals surface area contributed by atoms with Gasteiger partial charge in [-0.2, -0.15) is 0 Å². The van der Waals surface area contributed by atoms with Gasteiger partial charge >= 0.3 is 0 Å². The standard InChI is InChI=1S/C11H11Cl2NO3S/c12-7-11(15)14-5-1-2-8-6-9(18(13,16)17)3-4-10(8)14/h3-4,6H,1-2,5,7H2. The molecule has 0 saturated carbocycles. The molecule has 0 saturated heterocycles. The van der Waals surface area contributed by atoms with Gasteiger partial charge in [-0.25, -0.2) is 8.42 Å². The first-order valence-corrected chi connectivity index (χ1v) is 8.22. The van der Waals surface area contributed by atoms with Crippen molar-refractivity contribution in [1.29, 1.82) is 0 Å². The fourth-order valence-corrected chi connectivity index (χ4v) is 3.00. The Kier molecular flexibility index (Phi) is 3.84. The maximum absolute atomic E-state index is 11.7. The highest BCUT2D eigenvalue weighted by atomic mass is 35.7. The molecule has 0 aliphatic carbocycles. The average molecular weight is 308 g/mol. The number of halogens is 2. The highest BCUT2D eigenvalue weighted by Crippen LogP contribution is 2.30. The van der Waals surface area contributed by atoms with Gasteiger partial charge in [0.2, 0.25) is 5.91 Å². The van der Waals surface area contributed by atoms with Crippen molar-refractivity contribution in [3.8, 4) is 0 Å². The van der Waals surface area contributed by atoms with Gasteiger partial charge in [0.15, 0.2) is 0 Å². The minimum Gasteiger partial charge on any atom is -0.311 e. The molecule has 1 aromatic rings. The van der Waals surface area contributed by atoms with E-state index in [1.807, 2.05) is 0 Å². The smallest absolute Gasteiger partial charge is 0.261 e. The summed E-state index contributed by atoms with van der Waals surface area (Å²) in [6.45, 7) is 0.603. The average Bonchev–Trinajstić information content (AvgIpc) is 2.35. The van der Waals surface area contributed by atoms with Crippen LogP contribution in [0.15, 0.2) is 23.1 Å². The molecule has 0 N–H and O–H groups in total. The van der Waals surface area contributed by atoms with Gasteiger partial charge in [0.25, 0.3) is 9.05 Å². The summed E-state index contributed by atoms with van der Waals surface area (Å²) >= 11 is 5.55. The molecule has 2 rings (SSSR count). The van der Waals surface area contributed by atoms with E-state index >= 15 is 0 Å². The third kappa shape index (κ3) is 2.63. The van der Waals surface area contributed by atoms with E-state index in [1.165, 1.54) is 12.1 Å². The Morgan fingerprint density at radius 2 is 2.11 bits per heavy atom. The van der Waals surface area contributed by atoms with Crippen LogP contribution < -0.4 is 4.90 Å². The van der Waals surface area contributed by atoms with E-state index in [9.17, 15) is 13.2 Å². The van der Waals surface area contributed by atoms with Crippen LogP contribution in [0.3, 0.4) is 0 Å². The second kappa shape index (κ2) is 5.07. The van der Waals surface area contributed by atoms with Crippen molar-refractivity contribution in [3.63, 3.8) is 0 Å². The Labute approximate surface area is 115 Å². The number of hydrogen-bond donors (Lipinski definition) is 0. The quantitative estimate of drug-likeness (QED) is 0.621. The predicted molar refractivity (Wildman–Crippen MR) is 70.9 cm³/mol. The lowest BCUT2D eigenvalue weighted by atomic mass is 10.0. The molecule has 1 heterocycles. The summed E-state index contributed by atoms with van der Waals surface area (Å²) in [7, 11) is 1.56. The lowest BCUT2D eigenvalue weighted by Crippen LogP contribution is -2.36. The zero-order chi connectivity index (χ0) is 13.3. The number of nitrogens with zero attached hydrogens (tertiary/aromatic N) is 1. The molecule has 0 unspecified atom stereocenters. The number of amides is 1.